The quantitative estimate of drug-likeness (QED) is 0.783. The molecule has 2 aromatic rings. The maximum atomic E-state index is 11.8. The SMILES string of the molecule is O=C(Cc1cccc(O)c1)NCC(O)c1cc(Cl)cc(Cl)c1. The number of rotatable bonds is 5. The molecule has 2 aromatic carbocycles. The molecule has 1 unspecified atom stereocenters. The Morgan fingerprint density at radius 3 is 2.45 bits per heavy atom. The lowest BCUT2D eigenvalue weighted by atomic mass is 10.1. The molecule has 6 heteroatoms. The van der Waals surface area contributed by atoms with Gasteiger partial charge in [-0.05, 0) is 41.5 Å². The van der Waals surface area contributed by atoms with Crippen LogP contribution < -0.4 is 5.32 Å². The Labute approximate surface area is 138 Å². The van der Waals surface area contributed by atoms with Crippen LogP contribution in [0.3, 0.4) is 0 Å². The summed E-state index contributed by atoms with van der Waals surface area (Å²) in [4.78, 5) is 11.8. The Hall–Kier alpha value is -1.75. The number of phenolic OH excluding ortho intramolecular Hbond substituents is 1. The fourth-order valence-corrected chi connectivity index (χ4v) is 2.55. The van der Waals surface area contributed by atoms with Gasteiger partial charge in [-0.3, -0.25) is 4.79 Å². The number of aliphatic hydroxyl groups excluding tert-OH is 1. The van der Waals surface area contributed by atoms with Crippen molar-refractivity contribution >= 4 is 29.1 Å². The topological polar surface area (TPSA) is 69.6 Å². The van der Waals surface area contributed by atoms with Gasteiger partial charge in [-0.2, -0.15) is 0 Å². The fourth-order valence-electron chi connectivity index (χ4n) is 2.01. The van der Waals surface area contributed by atoms with Crippen molar-refractivity contribution in [3.63, 3.8) is 0 Å². The van der Waals surface area contributed by atoms with Crippen molar-refractivity contribution in [3.05, 3.63) is 63.6 Å². The van der Waals surface area contributed by atoms with E-state index in [0.717, 1.165) is 0 Å². The molecule has 0 aliphatic rings. The number of carbonyl (C=O) groups excluding carboxylic acids is 1. The molecular formula is C16H15Cl2NO3. The number of benzene rings is 2. The second kappa shape index (κ2) is 7.49. The lowest BCUT2D eigenvalue weighted by Crippen LogP contribution is -2.29. The van der Waals surface area contributed by atoms with Crippen LogP contribution >= 0.6 is 23.2 Å². The first-order valence-corrected chi connectivity index (χ1v) is 7.38. The molecule has 0 heterocycles. The molecule has 3 N–H and O–H groups in total. The molecule has 0 aliphatic carbocycles. The minimum atomic E-state index is -0.899. The second-order valence-corrected chi connectivity index (χ2v) is 5.74. The van der Waals surface area contributed by atoms with Gasteiger partial charge in [0.15, 0.2) is 0 Å². The van der Waals surface area contributed by atoms with Crippen LogP contribution in [0.1, 0.15) is 17.2 Å². The number of aromatic hydroxyl groups is 1. The summed E-state index contributed by atoms with van der Waals surface area (Å²) in [5, 5.41) is 22.9. The third-order valence-electron chi connectivity index (χ3n) is 3.04. The number of hydrogen-bond donors (Lipinski definition) is 3. The van der Waals surface area contributed by atoms with Gasteiger partial charge in [-0.25, -0.2) is 0 Å². The normalized spacial score (nSPS) is 12.0. The number of hydrogen-bond acceptors (Lipinski definition) is 3. The van der Waals surface area contributed by atoms with Crippen molar-refractivity contribution in [1.82, 2.24) is 5.32 Å². The van der Waals surface area contributed by atoms with E-state index in [1.54, 1.807) is 30.3 Å². The molecule has 0 saturated heterocycles. The molecule has 0 saturated carbocycles. The maximum Gasteiger partial charge on any atom is 0.224 e. The van der Waals surface area contributed by atoms with Crippen LogP contribution in [0.25, 0.3) is 0 Å². The Morgan fingerprint density at radius 2 is 1.82 bits per heavy atom. The van der Waals surface area contributed by atoms with Crippen LogP contribution in [0, 0.1) is 0 Å². The monoisotopic (exact) mass is 339 g/mol. The third kappa shape index (κ3) is 4.91. The molecule has 0 fully saturated rings. The Kier molecular flexibility index (Phi) is 5.66. The van der Waals surface area contributed by atoms with E-state index >= 15 is 0 Å². The van der Waals surface area contributed by atoms with Gasteiger partial charge in [-0.15, -0.1) is 0 Å². The molecule has 0 aliphatic heterocycles. The average molecular weight is 340 g/mol. The van der Waals surface area contributed by atoms with E-state index in [-0.39, 0.29) is 24.6 Å². The molecule has 116 valence electrons. The molecule has 22 heavy (non-hydrogen) atoms. The summed E-state index contributed by atoms with van der Waals surface area (Å²) in [6, 6.07) is 11.2. The van der Waals surface area contributed by atoms with Crippen LogP contribution in [0.2, 0.25) is 10.0 Å². The summed E-state index contributed by atoms with van der Waals surface area (Å²) in [5.74, 6) is -0.142. The molecule has 0 spiro atoms. The molecule has 0 radical (unpaired) electrons. The van der Waals surface area contributed by atoms with Crippen molar-refractivity contribution in [2.45, 2.75) is 12.5 Å². The van der Waals surface area contributed by atoms with Crippen LogP contribution in [0.5, 0.6) is 5.75 Å². The number of amides is 1. The van der Waals surface area contributed by atoms with E-state index in [1.807, 2.05) is 0 Å². The minimum Gasteiger partial charge on any atom is -0.508 e. The smallest absolute Gasteiger partial charge is 0.224 e. The molecule has 4 nitrogen and oxygen atoms in total. The lowest BCUT2D eigenvalue weighted by molar-refractivity contribution is -0.120. The second-order valence-electron chi connectivity index (χ2n) is 4.87. The summed E-state index contributed by atoms with van der Waals surface area (Å²) >= 11 is 11.7. The highest BCUT2D eigenvalue weighted by atomic mass is 35.5. The zero-order valence-electron chi connectivity index (χ0n) is 11.6. The number of nitrogens with one attached hydrogen (secondary N) is 1. The van der Waals surface area contributed by atoms with Crippen LogP contribution in [-0.2, 0) is 11.2 Å². The Bertz CT molecular complexity index is 656. The first-order chi connectivity index (χ1) is 10.4. The van der Waals surface area contributed by atoms with Gasteiger partial charge in [0.25, 0.3) is 0 Å². The summed E-state index contributed by atoms with van der Waals surface area (Å²) in [6.07, 6.45) is -0.776. The third-order valence-corrected chi connectivity index (χ3v) is 3.47. The summed E-state index contributed by atoms with van der Waals surface area (Å²) in [6.45, 7) is 0.0499. The molecule has 2 rings (SSSR count). The average Bonchev–Trinajstić information content (AvgIpc) is 2.43. The summed E-state index contributed by atoms with van der Waals surface area (Å²) < 4.78 is 0. The molecule has 0 aromatic heterocycles. The van der Waals surface area contributed by atoms with Crippen molar-refractivity contribution in [2.24, 2.45) is 0 Å². The van der Waals surface area contributed by atoms with Gasteiger partial charge < -0.3 is 15.5 Å². The van der Waals surface area contributed by atoms with E-state index in [4.69, 9.17) is 23.2 Å². The predicted molar refractivity (Wildman–Crippen MR) is 86.2 cm³/mol. The van der Waals surface area contributed by atoms with Gasteiger partial charge in [0.2, 0.25) is 5.91 Å². The Balaban J connectivity index is 1.90. The first-order valence-electron chi connectivity index (χ1n) is 6.62. The van der Waals surface area contributed by atoms with E-state index < -0.39 is 6.10 Å². The molecular weight excluding hydrogens is 325 g/mol. The van der Waals surface area contributed by atoms with Gasteiger partial charge in [0, 0.05) is 16.6 Å². The van der Waals surface area contributed by atoms with Gasteiger partial charge in [0.05, 0.1) is 12.5 Å². The van der Waals surface area contributed by atoms with Crippen molar-refractivity contribution in [1.29, 1.82) is 0 Å². The van der Waals surface area contributed by atoms with E-state index in [2.05, 4.69) is 5.32 Å². The predicted octanol–water partition coefficient (Wildman–Crippen LogP) is 3.09. The maximum absolute atomic E-state index is 11.8. The number of phenols is 1. The van der Waals surface area contributed by atoms with E-state index in [9.17, 15) is 15.0 Å². The molecule has 1 amide bonds. The highest BCUT2D eigenvalue weighted by molar-refractivity contribution is 6.34. The van der Waals surface area contributed by atoms with Crippen LogP contribution in [0.15, 0.2) is 42.5 Å². The summed E-state index contributed by atoms with van der Waals surface area (Å²) in [5.41, 5.74) is 1.23. The largest absolute Gasteiger partial charge is 0.508 e. The highest BCUT2D eigenvalue weighted by Crippen LogP contribution is 2.23. The highest BCUT2D eigenvalue weighted by Gasteiger charge is 2.11. The Morgan fingerprint density at radius 1 is 1.14 bits per heavy atom. The van der Waals surface area contributed by atoms with Crippen molar-refractivity contribution in [3.8, 4) is 5.75 Å². The zero-order valence-corrected chi connectivity index (χ0v) is 13.1. The lowest BCUT2D eigenvalue weighted by Gasteiger charge is -2.13. The van der Waals surface area contributed by atoms with Gasteiger partial charge >= 0.3 is 0 Å². The van der Waals surface area contributed by atoms with Crippen LogP contribution in [0.4, 0.5) is 0 Å². The zero-order chi connectivity index (χ0) is 16.1. The van der Waals surface area contributed by atoms with Gasteiger partial charge in [-0.1, -0.05) is 35.3 Å². The van der Waals surface area contributed by atoms with Crippen molar-refractivity contribution in [2.75, 3.05) is 6.54 Å². The van der Waals surface area contributed by atoms with E-state index in [1.165, 1.54) is 12.1 Å². The van der Waals surface area contributed by atoms with E-state index in [0.29, 0.717) is 21.2 Å². The molecule has 1 atom stereocenters. The minimum absolute atomic E-state index is 0.0499. The molecule has 0 bridgehead atoms. The first kappa shape index (κ1) is 16.6. The van der Waals surface area contributed by atoms with Gasteiger partial charge in [0.1, 0.15) is 5.75 Å². The van der Waals surface area contributed by atoms with Crippen LogP contribution in [-0.4, -0.2) is 22.7 Å². The summed E-state index contributed by atoms with van der Waals surface area (Å²) in [7, 11) is 0. The fraction of sp³-hybridized carbons (Fsp3) is 0.188. The number of halogens is 2. The number of carbonyl (C=O) groups is 1. The standard InChI is InChI=1S/C16H15Cl2NO3/c17-12-6-11(7-13(18)8-12)15(21)9-19-16(22)5-10-2-1-3-14(20)4-10/h1-4,6-8,15,20-21H,5,9H2,(H,19,22). The number of aliphatic hydroxyl groups is 1. The van der Waals surface area contributed by atoms with Crippen molar-refractivity contribution < 1.29 is 15.0 Å².